The van der Waals surface area contributed by atoms with E-state index in [2.05, 4.69) is 15.5 Å². The topological polar surface area (TPSA) is 80.9 Å². The van der Waals surface area contributed by atoms with Crippen LogP contribution in [0.3, 0.4) is 0 Å². The minimum Gasteiger partial charge on any atom is -0.325 e. The molecule has 2 aromatic rings. The van der Waals surface area contributed by atoms with Crippen LogP contribution < -0.4 is 11.1 Å². The summed E-state index contributed by atoms with van der Waals surface area (Å²) in [7, 11) is 0. The molecule has 3 N–H and O–H groups in total. The highest BCUT2D eigenvalue weighted by Gasteiger charge is 2.27. The fourth-order valence-corrected chi connectivity index (χ4v) is 3.31. The molecule has 2 rings (SSSR count). The lowest BCUT2D eigenvalue weighted by Gasteiger charge is -2.25. The highest BCUT2D eigenvalue weighted by atomic mass is 35.5. The number of halogens is 1. The van der Waals surface area contributed by atoms with Crippen LogP contribution in [-0.2, 0) is 4.79 Å². The van der Waals surface area contributed by atoms with E-state index in [1.807, 2.05) is 26.8 Å². The molecule has 22 heavy (non-hydrogen) atoms. The molecule has 0 aliphatic heterocycles. The smallest absolute Gasteiger partial charge is 0.241 e. The number of hydrogen-bond acceptors (Lipinski definition) is 6. The summed E-state index contributed by atoms with van der Waals surface area (Å²) in [5, 5.41) is 11.1. The molecule has 8 heteroatoms. The van der Waals surface area contributed by atoms with Gasteiger partial charge in [0.2, 0.25) is 5.91 Å². The number of nitrogens with one attached hydrogen (secondary N) is 1. The van der Waals surface area contributed by atoms with Crippen LogP contribution in [0, 0.1) is 5.41 Å². The van der Waals surface area contributed by atoms with Crippen LogP contribution in [0.1, 0.15) is 20.8 Å². The summed E-state index contributed by atoms with van der Waals surface area (Å²) in [5.41, 5.74) is 7.92. The van der Waals surface area contributed by atoms with Crippen LogP contribution in [0.5, 0.6) is 0 Å². The number of rotatable bonds is 4. The molecule has 0 saturated heterocycles. The van der Waals surface area contributed by atoms with E-state index >= 15 is 0 Å². The maximum atomic E-state index is 12.1. The molecule has 1 aromatic heterocycles. The second-order valence-corrected chi connectivity index (χ2v) is 8.31. The van der Waals surface area contributed by atoms with Crippen LogP contribution in [-0.4, -0.2) is 22.1 Å². The van der Waals surface area contributed by atoms with Crippen LogP contribution >= 0.6 is 34.7 Å². The van der Waals surface area contributed by atoms with Crippen molar-refractivity contribution in [2.75, 3.05) is 5.32 Å². The first-order chi connectivity index (χ1) is 10.3. The van der Waals surface area contributed by atoms with Crippen LogP contribution in [0.4, 0.5) is 5.69 Å². The average molecular weight is 357 g/mol. The maximum absolute atomic E-state index is 12.1. The molecule has 0 saturated carbocycles. The van der Waals surface area contributed by atoms with Crippen molar-refractivity contribution in [3.63, 3.8) is 0 Å². The molecule has 0 spiro atoms. The lowest BCUT2D eigenvalue weighted by Crippen LogP contribution is -2.45. The third-order valence-electron chi connectivity index (χ3n) is 2.95. The number of carbonyl (C=O) groups excluding carboxylic acids is 1. The summed E-state index contributed by atoms with van der Waals surface area (Å²) in [4.78, 5) is 13.0. The van der Waals surface area contributed by atoms with Crippen LogP contribution in [0.2, 0.25) is 5.02 Å². The molecule has 0 unspecified atom stereocenters. The van der Waals surface area contributed by atoms with E-state index in [9.17, 15) is 4.79 Å². The van der Waals surface area contributed by atoms with Gasteiger partial charge in [-0.25, -0.2) is 0 Å². The zero-order chi connectivity index (χ0) is 16.3. The Bertz CT molecular complexity index is 655. The number of nitrogens with zero attached hydrogens (tertiary/aromatic N) is 2. The zero-order valence-corrected chi connectivity index (χ0v) is 14.9. The molecule has 1 heterocycles. The van der Waals surface area contributed by atoms with Gasteiger partial charge in [0, 0.05) is 10.6 Å². The molecule has 0 radical (unpaired) electrons. The minimum atomic E-state index is -0.596. The summed E-state index contributed by atoms with van der Waals surface area (Å²) in [6, 6.07) is 4.75. The van der Waals surface area contributed by atoms with Crippen molar-refractivity contribution in [2.45, 2.75) is 36.0 Å². The second kappa shape index (κ2) is 6.95. The third-order valence-corrected chi connectivity index (χ3v) is 5.23. The molecular weight excluding hydrogens is 340 g/mol. The fourth-order valence-electron chi connectivity index (χ4n) is 1.58. The largest absolute Gasteiger partial charge is 0.325 e. The number of aromatic nitrogens is 2. The SMILES string of the molecule is CC(C)(C)[C@H](N)C(=O)Nc1ccc(Sc2nncs2)c(Cl)c1. The van der Waals surface area contributed by atoms with Gasteiger partial charge in [0.05, 0.1) is 11.1 Å². The van der Waals surface area contributed by atoms with Crippen molar-refractivity contribution < 1.29 is 4.79 Å². The number of nitrogens with two attached hydrogens (primary N) is 1. The zero-order valence-electron chi connectivity index (χ0n) is 12.5. The first-order valence-electron chi connectivity index (χ1n) is 6.57. The molecule has 0 aliphatic rings. The average Bonchev–Trinajstić information content (AvgIpc) is 2.93. The highest BCUT2D eigenvalue weighted by Crippen LogP contribution is 2.35. The summed E-state index contributed by atoms with van der Waals surface area (Å²) < 4.78 is 0.813. The Labute approximate surface area is 142 Å². The van der Waals surface area contributed by atoms with Crippen molar-refractivity contribution in [3.8, 4) is 0 Å². The monoisotopic (exact) mass is 356 g/mol. The summed E-state index contributed by atoms with van der Waals surface area (Å²) in [5.74, 6) is -0.229. The van der Waals surface area contributed by atoms with Crippen molar-refractivity contribution in [3.05, 3.63) is 28.7 Å². The van der Waals surface area contributed by atoms with Crippen molar-refractivity contribution in [2.24, 2.45) is 11.1 Å². The summed E-state index contributed by atoms with van der Waals surface area (Å²) in [6.45, 7) is 5.77. The molecule has 118 valence electrons. The predicted molar refractivity (Wildman–Crippen MR) is 91.5 cm³/mol. The number of hydrogen-bond donors (Lipinski definition) is 2. The van der Waals surface area contributed by atoms with E-state index in [1.54, 1.807) is 17.6 Å². The number of amides is 1. The van der Waals surface area contributed by atoms with Crippen molar-refractivity contribution in [1.29, 1.82) is 0 Å². The van der Waals surface area contributed by atoms with Gasteiger partial charge in [-0.15, -0.1) is 10.2 Å². The van der Waals surface area contributed by atoms with Gasteiger partial charge in [-0.1, -0.05) is 55.5 Å². The second-order valence-electron chi connectivity index (χ2n) is 5.78. The van der Waals surface area contributed by atoms with Gasteiger partial charge >= 0.3 is 0 Å². The van der Waals surface area contributed by atoms with Gasteiger partial charge in [-0.3, -0.25) is 4.79 Å². The number of anilines is 1. The Morgan fingerprint density at radius 2 is 2.18 bits per heavy atom. The predicted octanol–water partition coefficient (Wildman–Crippen LogP) is 3.65. The lowest BCUT2D eigenvalue weighted by atomic mass is 9.87. The van der Waals surface area contributed by atoms with Gasteiger partial charge in [-0.05, 0) is 23.6 Å². The molecule has 0 bridgehead atoms. The van der Waals surface area contributed by atoms with E-state index in [4.69, 9.17) is 17.3 Å². The quantitative estimate of drug-likeness (QED) is 0.873. The number of carbonyl (C=O) groups is 1. The van der Waals surface area contributed by atoms with E-state index < -0.39 is 6.04 Å². The van der Waals surface area contributed by atoms with E-state index in [-0.39, 0.29) is 11.3 Å². The van der Waals surface area contributed by atoms with Crippen molar-refractivity contribution in [1.82, 2.24) is 10.2 Å². The number of benzene rings is 1. The molecule has 0 aliphatic carbocycles. The summed E-state index contributed by atoms with van der Waals surface area (Å²) in [6.07, 6.45) is 0. The highest BCUT2D eigenvalue weighted by molar-refractivity contribution is 8.01. The van der Waals surface area contributed by atoms with Gasteiger partial charge in [0.1, 0.15) is 5.51 Å². The maximum Gasteiger partial charge on any atom is 0.241 e. The Morgan fingerprint density at radius 3 is 2.73 bits per heavy atom. The van der Waals surface area contributed by atoms with Crippen LogP contribution in [0.15, 0.2) is 32.9 Å². The first-order valence-corrected chi connectivity index (χ1v) is 8.65. The molecular formula is C14H17ClN4OS2. The molecule has 1 amide bonds. The Balaban J connectivity index is 2.08. The molecule has 1 atom stereocenters. The Kier molecular flexibility index (Phi) is 5.44. The lowest BCUT2D eigenvalue weighted by molar-refractivity contribution is -0.119. The first kappa shape index (κ1) is 17.2. The molecule has 5 nitrogen and oxygen atoms in total. The standard InChI is InChI=1S/C14H17ClN4OS2/c1-14(2,3)11(16)12(20)18-8-4-5-10(9(15)6-8)22-13-19-17-7-21-13/h4-7,11H,16H2,1-3H3,(H,18,20)/t11-/m1/s1. The van der Waals surface area contributed by atoms with E-state index in [1.165, 1.54) is 23.1 Å². The van der Waals surface area contributed by atoms with Gasteiger partial charge < -0.3 is 11.1 Å². The normalized spacial score (nSPS) is 13.0. The van der Waals surface area contributed by atoms with Crippen molar-refractivity contribution >= 4 is 46.3 Å². The van der Waals surface area contributed by atoms with E-state index in [0.717, 1.165) is 9.24 Å². The van der Waals surface area contributed by atoms with Gasteiger partial charge in [0.25, 0.3) is 0 Å². The summed E-state index contributed by atoms with van der Waals surface area (Å²) >= 11 is 9.13. The Hall–Kier alpha value is -1.15. The Morgan fingerprint density at radius 1 is 1.45 bits per heavy atom. The minimum absolute atomic E-state index is 0.229. The van der Waals surface area contributed by atoms with Crippen LogP contribution in [0.25, 0.3) is 0 Å². The van der Waals surface area contributed by atoms with Gasteiger partial charge in [-0.2, -0.15) is 0 Å². The molecule has 1 aromatic carbocycles. The van der Waals surface area contributed by atoms with E-state index in [0.29, 0.717) is 10.7 Å². The van der Waals surface area contributed by atoms with Gasteiger partial charge in [0.15, 0.2) is 4.34 Å². The molecule has 0 fully saturated rings. The fraction of sp³-hybridized carbons (Fsp3) is 0.357. The third kappa shape index (κ3) is 4.42.